The monoisotopic (exact) mass is 190 g/mol. The Labute approximate surface area is 83.1 Å². The molecular formula is C11H14N2O. The second-order valence-electron chi connectivity index (χ2n) is 3.74. The average Bonchev–Trinajstić information content (AvgIpc) is 2.47. The summed E-state index contributed by atoms with van der Waals surface area (Å²) in [6.07, 6.45) is 0. The standard InChI is InChI=1S/C11H14N2O/c1-7(2)12-11-13-10-8(3)5-4-6-9(10)14-11/h4-7H,1-3H3,(H,12,13). The van der Waals surface area contributed by atoms with Crippen molar-refractivity contribution < 1.29 is 4.42 Å². The number of nitrogens with zero attached hydrogens (tertiary/aromatic N) is 1. The van der Waals surface area contributed by atoms with Gasteiger partial charge in [-0.1, -0.05) is 12.1 Å². The molecule has 0 aliphatic carbocycles. The number of aromatic nitrogens is 1. The smallest absolute Gasteiger partial charge is 0.295 e. The quantitative estimate of drug-likeness (QED) is 0.791. The Morgan fingerprint density at radius 3 is 2.79 bits per heavy atom. The molecule has 74 valence electrons. The van der Waals surface area contributed by atoms with Gasteiger partial charge >= 0.3 is 0 Å². The third-order valence-corrected chi connectivity index (χ3v) is 2.03. The molecule has 14 heavy (non-hydrogen) atoms. The van der Waals surface area contributed by atoms with Crippen molar-refractivity contribution in [3.8, 4) is 0 Å². The van der Waals surface area contributed by atoms with Crippen LogP contribution in [0, 0.1) is 6.92 Å². The van der Waals surface area contributed by atoms with Gasteiger partial charge in [0.2, 0.25) is 0 Å². The van der Waals surface area contributed by atoms with Crippen LogP contribution in [0.5, 0.6) is 0 Å². The highest BCUT2D eigenvalue weighted by molar-refractivity contribution is 5.77. The molecule has 2 aromatic rings. The summed E-state index contributed by atoms with van der Waals surface area (Å²) >= 11 is 0. The van der Waals surface area contributed by atoms with E-state index in [0.717, 1.165) is 16.7 Å². The van der Waals surface area contributed by atoms with Gasteiger partial charge < -0.3 is 9.73 Å². The first-order valence-corrected chi connectivity index (χ1v) is 4.79. The van der Waals surface area contributed by atoms with E-state index < -0.39 is 0 Å². The van der Waals surface area contributed by atoms with Crippen LogP contribution >= 0.6 is 0 Å². The number of nitrogens with one attached hydrogen (secondary N) is 1. The van der Waals surface area contributed by atoms with Gasteiger partial charge in [0, 0.05) is 6.04 Å². The first-order valence-electron chi connectivity index (χ1n) is 4.79. The van der Waals surface area contributed by atoms with Crippen LogP contribution in [0.25, 0.3) is 11.1 Å². The van der Waals surface area contributed by atoms with Crippen molar-refractivity contribution in [1.29, 1.82) is 0 Å². The molecule has 1 aromatic carbocycles. The van der Waals surface area contributed by atoms with Gasteiger partial charge in [-0.3, -0.25) is 0 Å². The molecule has 1 aromatic heterocycles. The maximum atomic E-state index is 5.54. The van der Waals surface area contributed by atoms with Crippen LogP contribution in [0.15, 0.2) is 22.6 Å². The van der Waals surface area contributed by atoms with E-state index in [9.17, 15) is 0 Å². The summed E-state index contributed by atoms with van der Waals surface area (Å²) in [5, 5.41) is 3.14. The average molecular weight is 190 g/mol. The minimum Gasteiger partial charge on any atom is -0.424 e. The Morgan fingerprint density at radius 2 is 2.14 bits per heavy atom. The first-order chi connectivity index (χ1) is 6.66. The number of para-hydroxylation sites is 1. The van der Waals surface area contributed by atoms with E-state index in [4.69, 9.17) is 4.42 Å². The van der Waals surface area contributed by atoms with Crippen molar-refractivity contribution in [1.82, 2.24) is 4.98 Å². The van der Waals surface area contributed by atoms with Crippen molar-refractivity contribution in [2.24, 2.45) is 0 Å². The Hall–Kier alpha value is -1.51. The summed E-state index contributed by atoms with van der Waals surface area (Å²) in [5.74, 6) is 0. The predicted octanol–water partition coefficient (Wildman–Crippen LogP) is 2.96. The molecule has 0 radical (unpaired) electrons. The lowest BCUT2D eigenvalue weighted by Crippen LogP contribution is -2.09. The fourth-order valence-corrected chi connectivity index (χ4v) is 1.39. The van der Waals surface area contributed by atoms with Gasteiger partial charge in [-0.05, 0) is 32.4 Å². The summed E-state index contributed by atoms with van der Waals surface area (Å²) in [5.41, 5.74) is 2.92. The normalized spacial score (nSPS) is 11.1. The molecule has 0 atom stereocenters. The van der Waals surface area contributed by atoms with Gasteiger partial charge in [0.15, 0.2) is 5.58 Å². The molecule has 0 saturated heterocycles. The fourth-order valence-electron chi connectivity index (χ4n) is 1.39. The molecule has 0 amide bonds. The Kier molecular flexibility index (Phi) is 2.15. The maximum Gasteiger partial charge on any atom is 0.295 e. The van der Waals surface area contributed by atoms with Crippen molar-refractivity contribution in [3.05, 3.63) is 23.8 Å². The largest absolute Gasteiger partial charge is 0.424 e. The lowest BCUT2D eigenvalue weighted by molar-refractivity contribution is 0.606. The number of benzene rings is 1. The molecule has 3 heteroatoms. The van der Waals surface area contributed by atoms with Crippen molar-refractivity contribution >= 4 is 17.1 Å². The molecule has 0 saturated carbocycles. The molecule has 0 aliphatic rings. The fraction of sp³-hybridized carbons (Fsp3) is 0.364. The van der Waals surface area contributed by atoms with Crippen LogP contribution < -0.4 is 5.32 Å². The minimum absolute atomic E-state index is 0.336. The van der Waals surface area contributed by atoms with Gasteiger partial charge in [-0.15, -0.1) is 0 Å². The van der Waals surface area contributed by atoms with Crippen LogP contribution in [-0.2, 0) is 0 Å². The number of hydrogen-bond donors (Lipinski definition) is 1. The molecule has 2 rings (SSSR count). The van der Waals surface area contributed by atoms with E-state index in [2.05, 4.69) is 24.1 Å². The third-order valence-electron chi connectivity index (χ3n) is 2.03. The number of hydrogen-bond acceptors (Lipinski definition) is 3. The molecule has 0 aliphatic heterocycles. The summed E-state index contributed by atoms with van der Waals surface area (Å²) in [7, 11) is 0. The van der Waals surface area contributed by atoms with Crippen molar-refractivity contribution in [2.45, 2.75) is 26.8 Å². The molecule has 3 nitrogen and oxygen atoms in total. The summed E-state index contributed by atoms with van der Waals surface area (Å²) < 4.78 is 5.54. The van der Waals surface area contributed by atoms with Gasteiger partial charge in [-0.2, -0.15) is 4.98 Å². The van der Waals surface area contributed by atoms with Crippen LogP contribution in [0.1, 0.15) is 19.4 Å². The number of aryl methyl sites for hydroxylation is 1. The molecule has 1 N–H and O–H groups in total. The number of anilines is 1. The zero-order chi connectivity index (χ0) is 10.1. The van der Waals surface area contributed by atoms with E-state index in [1.54, 1.807) is 0 Å². The van der Waals surface area contributed by atoms with Gasteiger partial charge in [-0.25, -0.2) is 0 Å². The molecule has 0 bridgehead atoms. The number of oxazole rings is 1. The molecule has 0 fully saturated rings. The first kappa shape index (κ1) is 9.06. The Morgan fingerprint density at radius 1 is 1.36 bits per heavy atom. The number of fused-ring (bicyclic) bond motifs is 1. The topological polar surface area (TPSA) is 38.1 Å². The Balaban J connectivity index is 2.46. The van der Waals surface area contributed by atoms with Crippen LogP contribution in [-0.4, -0.2) is 11.0 Å². The van der Waals surface area contributed by atoms with Crippen LogP contribution in [0.2, 0.25) is 0 Å². The summed E-state index contributed by atoms with van der Waals surface area (Å²) in [6, 6.07) is 6.88. The zero-order valence-corrected chi connectivity index (χ0v) is 8.66. The third kappa shape index (κ3) is 1.58. The van der Waals surface area contributed by atoms with E-state index in [-0.39, 0.29) is 0 Å². The van der Waals surface area contributed by atoms with Gasteiger partial charge in [0.05, 0.1) is 0 Å². The summed E-state index contributed by atoms with van der Waals surface area (Å²) in [6.45, 7) is 6.15. The SMILES string of the molecule is Cc1cccc2oc(NC(C)C)nc12. The van der Waals surface area contributed by atoms with Crippen molar-refractivity contribution in [3.63, 3.8) is 0 Å². The van der Waals surface area contributed by atoms with Crippen LogP contribution in [0.3, 0.4) is 0 Å². The molecule has 1 heterocycles. The number of rotatable bonds is 2. The van der Waals surface area contributed by atoms with E-state index in [0.29, 0.717) is 12.1 Å². The molecule has 0 unspecified atom stereocenters. The second-order valence-corrected chi connectivity index (χ2v) is 3.74. The second kappa shape index (κ2) is 3.33. The van der Waals surface area contributed by atoms with Gasteiger partial charge in [0.25, 0.3) is 6.01 Å². The van der Waals surface area contributed by atoms with E-state index in [1.807, 2.05) is 25.1 Å². The van der Waals surface area contributed by atoms with Crippen molar-refractivity contribution in [2.75, 3.05) is 5.32 Å². The highest BCUT2D eigenvalue weighted by Crippen LogP contribution is 2.21. The summed E-state index contributed by atoms with van der Waals surface area (Å²) in [4.78, 5) is 4.37. The molecule has 0 spiro atoms. The minimum atomic E-state index is 0.336. The highest BCUT2D eigenvalue weighted by atomic mass is 16.4. The highest BCUT2D eigenvalue weighted by Gasteiger charge is 2.07. The molecular weight excluding hydrogens is 176 g/mol. The van der Waals surface area contributed by atoms with E-state index >= 15 is 0 Å². The lowest BCUT2D eigenvalue weighted by atomic mass is 10.2. The lowest BCUT2D eigenvalue weighted by Gasteiger charge is -2.02. The van der Waals surface area contributed by atoms with Gasteiger partial charge in [0.1, 0.15) is 5.52 Å². The maximum absolute atomic E-state index is 5.54. The van der Waals surface area contributed by atoms with E-state index in [1.165, 1.54) is 0 Å². The van der Waals surface area contributed by atoms with Crippen LogP contribution in [0.4, 0.5) is 6.01 Å². The zero-order valence-electron chi connectivity index (χ0n) is 8.66. The Bertz CT molecular complexity index is 445. The predicted molar refractivity (Wildman–Crippen MR) is 57.5 cm³/mol.